The third-order valence-electron chi connectivity index (χ3n) is 12.2. The van der Waals surface area contributed by atoms with E-state index < -0.39 is 0 Å². The Morgan fingerprint density at radius 2 is 0.969 bits per heavy atom. The molecule has 0 spiro atoms. The first kappa shape index (κ1) is 35.9. The molecule has 9 aromatic carbocycles. The van der Waals surface area contributed by atoms with Crippen molar-refractivity contribution in [3.63, 3.8) is 0 Å². The van der Waals surface area contributed by atoms with Gasteiger partial charge in [0.15, 0.2) is 17.5 Å². The Balaban J connectivity index is 0.978. The number of fused-ring (bicyclic) bond motifs is 9. The van der Waals surface area contributed by atoms with Gasteiger partial charge in [-0.25, -0.2) is 15.0 Å². The van der Waals surface area contributed by atoms with Crippen LogP contribution in [0.25, 0.3) is 106 Å². The van der Waals surface area contributed by atoms with Crippen LogP contribution in [0.1, 0.15) is 0 Å². The molecule has 7 heteroatoms. The van der Waals surface area contributed by atoms with Crippen molar-refractivity contribution in [3.8, 4) is 39.9 Å². The molecule has 13 aromatic rings. The Kier molecular flexibility index (Phi) is 8.08. The zero-order valence-electron chi connectivity index (χ0n) is 34.3. The van der Waals surface area contributed by atoms with E-state index in [0.29, 0.717) is 17.5 Å². The fourth-order valence-corrected chi connectivity index (χ4v) is 9.38. The van der Waals surface area contributed by atoms with Gasteiger partial charge in [0.05, 0.1) is 16.6 Å². The zero-order valence-corrected chi connectivity index (χ0v) is 34.3. The van der Waals surface area contributed by atoms with Gasteiger partial charge in [-0.15, -0.1) is 0 Å². The van der Waals surface area contributed by atoms with Crippen molar-refractivity contribution in [2.75, 3.05) is 4.90 Å². The van der Waals surface area contributed by atoms with Crippen LogP contribution in [-0.2, 0) is 0 Å². The molecule has 0 aliphatic rings. The van der Waals surface area contributed by atoms with Crippen molar-refractivity contribution in [1.82, 2.24) is 19.5 Å². The molecule has 4 aromatic heterocycles. The van der Waals surface area contributed by atoms with Crippen LogP contribution in [0.15, 0.2) is 221 Å². The molecule has 0 amide bonds. The Hall–Kier alpha value is -8.81. The van der Waals surface area contributed by atoms with Gasteiger partial charge in [0, 0.05) is 72.3 Å². The first-order chi connectivity index (χ1) is 31.7. The van der Waals surface area contributed by atoms with Crippen molar-refractivity contribution in [2.24, 2.45) is 0 Å². The van der Waals surface area contributed by atoms with Gasteiger partial charge in [-0.3, -0.25) is 0 Å². The van der Waals surface area contributed by atoms with Crippen LogP contribution in [0.2, 0.25) is 0 Å². The highest BCUT2D eigenvalue weighted by molar-refractivity contribution is 6.14. The second-order valence-corrected chi connectivity index (χ2v) is 16.0. The van der Waals surface area contributed by atoms with Crippen molar-refractivity contribution in [1.29, 1.82) is 0 Å². The largest absolute Gasteiger partial charge is 0.456 e. The third kappa shape index (κ3) is 5.72. The summed E-state index contributed by atoms with van der Waals surface area (Å²) in [4.78, 5) is 17.7. The lowest BCUT2D eigenvalue weighted by Gasteiger charge is -2.25. The van der Waals surface area contributed by atoms with Crippen LogP contribution >= 0.6 is 0 Å². The summed E-state index contributed by atoms with van der Waals surface area (Å²) in [6.45, 7) is 0. The average Bonchev–Trinajstić information content (AvgIpc) is 4.04. The fraction of sp³-hybridized carbons (Fsp3) is 0. The van der Waals surface area contributed by atoms with Crippen molar-refractivity contribution >= 4 is 82.7 Å². The Morgan fingerprint density at radius 3 is 1.81 bits per heavy atom. The lowest BCUT2D eigenvalue weighted by Crippen LogP contribution is -2.09. The van der Waals surface area contributed by atoms with Crippen LogP contribution in [0.4, 0.5) is 17.1 Å². The molecule has 0 unspecified atom stereocenters. The molecule has 13 rings (SSSR count). The third-order valence-corrected chi connectivity index (χ3v) is 12.2. The average molecular weight is 822 g/mol. The molecule has 0 saturated heterocycles. The molecule has 300 valence electrons. The highest BCUT2D eigenvalue weighted by atomic mass is 16.3. The molecule has 0 bridgehead atoms. The van der Waals surface area contributed by atoms with Crippen LogP contribution in [0, 0.1) is 0 Å². The SMILES string of the molecule is c1ccc(-c2nc(-c3cccc4c3oc3ccccc34)nc(-c3cccc4oc5cc(N(c6ccccc6)c6ccc7c(c6)c6ccccc6n7-c6ccccc6)ccc5c34)n2)cc1. The quantitative estimate of drug-likeness (QED) is 0.159. The van der Waals surface area contributed by atoms with Gasteiger partial charge in [0.2, 0.25) is 0 Å². The monoisotopic (exact) mass is 821 g/mol. The number of benzene rings is 9. The smallest absolute Gasteiger partial charge is 0.167 e. The van der Waals surface area contributed by atoms with Gasteiger partial charge < -0.3 is 18.3 Å². The Bertz CT molecular complexity index is 3910. The molecule has 64 heavy (non-hydrogen) atoms. The summed E-state index contributed by atoms with van der Waals surface area (Å²) in [6.07, 6.45) is 0. The number of furan rings is 2. The standard InChI is InChI=1S/C57H35N5O2/c1-4-16-36(17-5-1)55-58-56(60-57(59-55)46-26-14-24-43-42-23-11-13-28-50(42)64-54(43)46)45-25-15-29-51-53(45)44-32-30-40(35-52(44)63-51)61(37-18-6-2-7-19-37)39-31-33-49-47(34-39)41-22-10-12-27-48(41)62(49)38-20-8-3-9-21-38/h1-35H. The molecular formula is C57H35N5O2. The van der Waals surface area contributed by atoms with Gasteiger partial charge in [-0.2, -0.15) is 0 Å². The van der Waals surface area contributed by atoms with Gasteiger partial charge in [-0.1, -0.05) is 127 Å². The van der Waals surface area contributed by atoms with E-state index in [1.54, 1.807) is 0 Å². The molecule has 4 heterocycles. The van der Waals surface area contributed by atoms with Gasteiger partial charge in [-0.05, 0) is 78.9 Å². The molecule has 0 aliphatic carbocycles. The highest BCUT2D eigenvalue weighted by Gasteiger charge is 2.22. The number of para-hydroxylation sites is 5. The first-order valence-electron chi connectivity index (χ1n) is 21.4. The maximum atomic E-state index is 6.76. The van der Waals surface area contributed by atoms with Crippen molar-refractivity contribution in [3.05, 3.63) is 212 Å². The number of anilines is 3. The number of rotatable bonds is 7. The van der Waals surface area contributed by atoms with Gasteiger partial charge in [0.1, 0.15) is 22.3 Å². The van der Waals surface area contributed by atoms with Crippen LogP contribution < -0.4 is 4.90 Å². The molecule has 7 nitrogen and oxygen atoms in total. The fourth-order valence-electron chi connectivity index (χ4n) is 9.38. The zero-order chi connectivity index (χ0) is 42.1. The summed E-state index contributed by atoms with van der Waals surface area (Å²) in [5.41, 5.74) is 12.1. The first-order valence-corrected chi connectivity index (χ1v) is 21.4. The minimum absolute atomic E-state index is 0.531. The van der Waals surface area contributed by atoms with Gasteiger partial charge in [0.25, 0.3) is 0 Å². The van der Waals surface area contributed by atoms with E-state index in [9.17, 15) is 0 Å². The minimum Gasteiger partial charge on any atom is -0.456 e. The van der Waals surface area contributed by atoms with Crippen LogP contribution in [0.3, 0.4) is 0 Å². The maximum Gasteiger partial charge on any atom is 0.167 e. The van der Waals surface area contributed by atoms with E-state index in [4.69, 9.17) is 23.8 Å². The number of hydrogen-bond donors (Lipinski definition) is 0. The molecule has 0 radical (unpaired) electrons. The van der Waals surface area contributed by atoms with Crippen molar-refractivity contribution in [2.45, 2.75) is 0 Å². The predicted octanol–water partition coefficient (Wildman–Crippen LogP) is 15.2. The summed E-state index contributed by atoms with van der Waals surface area (Å²) in [7, 11) is 0. The maximum absolute atomic E-state index is 6.76. The van der Waals surface area contributed by atoms with Crippen molar-refractivity contribution < 1.29 is 8.83 Å². The summed E-state index contributed by atoms with van der Waals surface area (Å²) in [5, 5.41) is 6.33. The minimum atomic E-state index is 0.531. The van der Waals surface area contributed by atoms with Crippen LogP contribution in [0.5, 0.6) is 0 Å². The predicted molar refractivity (Wildman–Crippen MR) is 260 cm³/mol. The molecule has 0 fully saturated rings. The Morgan fingerprint density at radius 1 is 0.359 bits per heavy atom. The number of aromatic nitrogens is 4. The topological polar surface area (TPSA) is 73.1 Å². The molecular weight excluding hydrogens is 787 g/mol. The summed E-state index contributed by atoms with van der Waals surface area (Å²) >= 11 is 0. The highest BCUT2D eigenvalue weighted by Crippen LogP contribution is 2.43. The van der Waals surface area contributed by atoms with E-state index in [1.807, 2.05) is 72.8 Å². The second kappa shape index (κ2) is 14.4. The van der Waals surface area contributed by atoms with E-state index in [1.165, 1.54) is 16.3 Å². The molecule has 0 aliphatic heterocycles. The number of nitrogens with zero attached hydrogens (tertiary/aromatic N) is 5. The summed E-state index contributed by atoms with van der Waals surface area (Å²) in [5.74, 6) is 1.65. The van der Waals surface area contributed by atoms with E-state index in [-0.39, 0.29) is 0 Å². The Labute approximate surface area is 366 Å². The second-order valence-electron chi connectivity index (χ2n) is 16.0. The van der Waals surface area contributed by atoms with E-state index >= 15 is 0 Å². The molecule has 0 atom stereocenters. The molecule has 0 saturated carbocycles. The van der Waals surface area contributed by atoms with Gasteiger partial charge >= 0.3 is 0 Å². The van der Waals surface area contributed by atoms with E-state index in [0.717, 1.165) is 88.8 Å². The van der Waals surface area contributed by atoms with E-state index in [2.05, 4.69) is 149 Å². The summed E-state index contributed by atoms with van der Waals surface area (Å²) in [6, 6.07) is 73.3. The summed E-state index contributed by atoms with van der Waals surface area (Å²) < 4.78 is 15.6. The number of hydrogen-bond acceptors (Lipinski definition) is 6. The lowest BCUT2D eigenvalue weighted by atomic mass is 10.0. The lowest BCUT2D eigenvalue weighted by molar-refractivity contribution is 0.668. The molecule has 0 N–H and O–H groups in total. The van der Waals surface area contributed by atoms with Crippen LogP contribution in [-0.4, -0.2) is 19.5 Å². The normalized spacial score (nSPS) is 11.8.